The summed E-state index contributed by atoms with van der Waals surface area (Å²) in [5.74, 6) is 0.791. The number of rotatable bonds is 8. The number of benzene rings is 3. The maximum absolute atomic E-state index is 14.5. The third-order valence-corrected chi connectivity index (χ3v) is 7.78. The first-order valence-electron chi connectivity index (χ1n) is 13.3. The summed E-state index contributed by atoms with van der Waals surface area (Å²) < 4.78 is 17.4. The number of ketones is 1. The lowest BCUT2D eigenvalue weighted by molar-refractivity contribution is -0.129. The third kappa shape index (κ3) is 5.95. The van der Waals surface area contributed by atoms with Gasteiger partial charge < -0.3 is 19.1 Å². The van der Waals surface area contributed by atoms with Crippen molar-refractivity contribution >= 4 is 39.4 Å². The SMILES string of the molecule is COc1ccc(CN(CCC2(c3ccccc3Br)C(=O)c3ccccc3N2C(=O)OC(C)(C)C)C(C)=O)c(OC)c1. The van der Waals surface area contributed by atoms with Crippen molar-refractivity contribution in [3.63, 3.8) is 0 Å². The van der Waals surface area contributed by atoms with Crippen LogP contribution in [0.15, 0.2) is 71.2 Å². The smallest absolute Gasteiger partial charge is 0.416 e. The van der Waals surface area contributed by atoms with Gasteiger partial charge in [-0.1, -0.05) is 46.3 Å². The molecule has 9 heteroatoms. The molecule has 41 heavy (non-hydrogen) atoms. The number of methoxy groups -OCH3 is 2. The highest BCUT2D eigenvalue weighted by molar-refractivity contribution is 9.10. The number of anilines is 1. The van der Waals surface area contributed by atoms with Crippen molar-refractivity contribution in [1.29, 1.82) is 0 Å². The zero-order valence-corrected chi connectivity index (χ0v) is 25.8. The van der Waals surface area contributed by atoms with E-state index < -0.39 is 17.2 Å². The van der Waals surface area contributed by atoms with Crippen LogP contribution in [0.2, 0.25) is 0 Å². The van der Waals surface area contributed by atoms with Gasteiger partial charge >= 0.3 is 6.09 Å². The molecular formula is C32H35BrN2O6. The summed E-state index contributed by atoms with van der Waals surface area (Å²) in [6.07, 6.45) is -0.516. The third-order valence-electron chi connectivity index (χ3n) is 7.09. The molecule has 8 nitrogen and oxygen atoms in total. The zero-order valence-electron chi connectivity index (χ0n) is 24.2. The quantitative estimate of drug-likeness (QED) is 0.277. The summed E-state index contributed by atoms with van der Waals surface area (Å²) in [5, 5.41) is 0. The first kappa shape index (κ1) is 30.1. The summed E-state index contributed by atoms with van der Waals surface area (Å²) in [6, 6.07) is 19.8. The number of carbonyl (C=O) groups is 3. The van der Waals surface area contributed by atoms with Gasteiger partial charge in [0.25, 0.3) is 0 Å². The van der Waals surface area contributed by atoms with Gasteiger partial charge in [-0.25, -0.2) is 4.79 Å². The molecule has 0 aromatic heterocycles. The highest BCUT2D eigenvalue weighted by atomic mass is 79.9. The fourth-order valence-corrected chi connectivity index (χ4v) is 5.80. The first-order chi connectivity index (χ1) is 19.4. The lowest BCUT2D eigenvalue weighted by Crippen LogP contribution is -2.54. The van der Waals surface area contributed by atoms with Gasteiger partial charge in [0, 0.05) is 53.7 Å². The van der Waals surface area contributed by atoms with Crippen molar-refractivity contribution in [1.82, 2.24) is 4.90 Å². The van der Waals surface area contributed by atoms with Crippen LogP contribution in [0.3, 0.4) is 0 Å². The molecule has 0 saturated heterocycles. The molecule has 0 saturated carbocycles. The Kier molecular flexibility index (Phi) is 8.77. The van der Waals surface area contributed by atoms with E-state index in [1.807, 2.05) is 30.3 Å². The largest absolute Gasteiger partial charge is 0.497 e. The van der Waals surface area contributed by atoms with Gasteiger partial charge in [-0.15, -0.1) is 0 Å². The van der Waals surface area contributed by atoms with Crippen molar-refractivity contribution in [2.24, 2.45) is 0 Å². The second-order valence-corrected chi connectivity index (χ2v) is 11.7. The first-order valence-corrected chi connectivity index (χ1v) is 14.1. The Balaban J connectivity index is 1.81. The van der Waals surface area contributed by atoms with E-state index in [2.05, 4.69) is 15.9 Å². The molecule has 1 heterocycles. The maximum atomic E-state index is 14.5. The lowest BCUT2D eigenvalue weighted by atomic mass is 9.81. The molecule has 1 aliphatic heterocycles. The molecule has 0 radical (unpaired) electrons. The van der Waals surface area contributed by atoms with Crippen LogP contribution in [0.25, 0.3) is 0 Å². The number of nitrogens with zero attached hydrogens (tertiary/aromatic N) is 2. The number of hydrogen-bond donors (Lipinski definition) is 0. The zero-order chi connectivity index (χ0) is 29.9. The van der Waals surface area contributed by atoms with Gasteiger partial charge in [-0.3, -0.25) is 14.5 Å². The van der Waals surface area contributed by atoms with Crippen molar-refractivity contribution in [3.8, 4) is 11.5 Å². The van der Waals surface area contributed by atoms with Crippen LogP contribution in [0, 0.1) is 0 Å². The monoisotopic (exact) mass is 622 g/mol. The van der Waals surface area contributed by atoms with Crippen LogP contribution in [0.1, 0.15) is 55.6 Å². The number of ether oxygens (including phenoxy) is 3. The van der Waals surface area contributed by atoms with Gasteiger partial charge in [0.2, 0.25) is 5.91 Å². The number of carbonyl (C=O) groups excluding carboxylic acids is 3. The summed E-state index contributed by atoms with van der Waals surface area (Å²) in [7, 11) is 3.13. The van der Waals surface area contributed by atoms with Gasteiger partial charge in [0.15, 0.2) is 5.78 Å². The van der Waals surface area contributed by atoms with E-state index in [1.54, 1.807) is 76.3 Å². The molecule has 4 rings (SSSR count). The standard InChI is InChI=1S/C32H35BrN2O6/c1-21(36)34(20-22-15-16-23(39-5)19-28(22)40-6)18-17-32(25-12-8-9-13-26(25)33)29(37)24-11-7-10-14-27(24)35(32)30(38)41-31(2,3)4/h7-16,19H,17-18,20H2,1-6H3. The average Bonchev–Trinajstić information content (AvgIpc) is 3.18. The topological polar surface area (TPSA) is 85.4 Å². The minimum absolute atomic E-state index is 0.125. The van der Waals surface area contributed by atoms with Crippen molar-refractivity contribution in [2.45, 2.75) is 51.8 Å². The van der Waals surface area contributed by atoms with Gasteiger partial charge in [0.05, 0.1) is 19.9 Å². The van der Waals surface area contributed by atoms with E-state index in [9.17, 15) is 14.4 Å². The minimum atomic E-state index is -1.47. The minimum Gasteiger partial charge on any atom is -0.497 e. The second kappa shape index (κ2) is 11.9. The second-order valence-electron chi connectivity index (χ2n) is 10.9. The Hall–Kier alpha value is -3.85. The van der Waals surface area contributed by atoms with Crippen molar-refractivity contribution in [2.75, 3.05) is 25.7 Å². The number of para-hydroxylation sites is 1. The highest BCUT2D eigenvalue weighted by Crippen LogP contribution is 2.49. The fraction of sp³-hybridized carbons (Fsp3) is 0.344. The molecular weight excluding hydrogens is 588 g/mol. The van der Waals surface area contributed by atoms with Crippen LogP contribution < -0.4 is 14.4 Å². The molecule has 2 amide bonds. The predicted octanol–water partition coefficient (Wildman–Crippen LogP) is 6.74. The summed E-state index contributed by atoms with van der Waals surface area (Å²) >= 11 is 3.63. The predicted molar refractivity (Wildman–Crippen MR) is 161 cm³/mol. The van der Waals surface area contributed by atoms with Gasteiger partial charge in [-0.05, 0) is 51.1 Å². The number of halogens is 1. The summed E-state index contributed by atoms with van der Waals surface area (Å²) in [4.78, 5) is 44.4. The van der Waals surface area contributed by atoms with Crippen LogP contribution >= 0.6 is 15.9 Å². The van der Waals surface area contributed by atoms with Crippen LogP contribution in [0.4, 0.5) is 10.5 Å². The Morgan fingerprint density at radius 2 is 1.66 bits per heavy atom. The summed E-state index contributed by atoms with van der Waals surface area (Å²) in [6.45, 7) is 7.25. The van der Waals surface area contributed by atoms with E-state index in [0.29, 0.717) is 32.8 Å². The summed E-state index contributed by atoms with van der Waals surface area (Å²) in [5.41, 5.74) is 0.00682. The van der Waals surface area contributed by atoms with E-state index in [0.717, 1.165) is 5.56 Å². The molecule has 0 aliphatic carbocycles. The van der Waals surface area contributed by atoms with Crippen molar-refractivity contribution in [3.05, 3.63) is 87.9 Å². The molecule has 0 spiro atoms. The van der Waals surface area contributed by atoms with Crippen LogP contribution in [-0.2, 0) is 21.6 Å². The molecule has 1 unspecified atom stereocenters. The lowest BCUT2D eigenvalue weighted by Gasteiger charge is -2.40. The number of fused-ring (bicyclic) bond motifs is 1. The normalized spacial score (nSPS) is 16.3. The van der Waals surface area contributed by atoms with E-state index in [-0.39, 0.29) is 31.2 Å². The average molecular weight is 624 g/mol. The maximum Gasteiger partial charge on any atom is 0.416 e. The highest BCUT2D eigenvalue weighted by Gasteiger charge is 2.56. The van der Waals surface area contributed by atoms with Crippen molar-refractivity contribution < 1.29 is 28.6 Å². The molecule has 0 fully saturated rings. The fourth-order valence-electron chi connectivity index (χ4n) is 5.18. The molecule has 216 valence electrons. The van der Waals surface area contributed by atoms with Crippen LogP contribution in [0.5, 0.6) is 11.5 Å². The van der Waals surface area contributed by atoms with Crippen LogP contribution in [-0.4, -0.2) is 49.0 Å². The molecule has 1 aliphatic rings. The van der Waals surface area contributed by atoms with E-state index in [4.69, 9.17) is 14.2 Å². The number of amides is 2. The van der Waals surface area contributed by atoms with Gasteiger partial charge in [0.1, 0.15) is 22.6 Å². The van der Waals surface area contributed by atoms with E-state index in [1.165, 1.54) is 11.8 Å². The molecule has 1 atom stereocenters. The molecule has 3 aromatic carbocycles. The Morgan fingerprint density at radius 3 is 2.29 bits per heavy atom. The molecule has 3 aromatic rings. The van der Waals surface area contributed by atoms with Gasteiger partial charge in [-0.2, -0.15) is 0 Å². The number of Topliss-reactive ketones (excluding diaryl/α,β-unsaturated/α-hetero) is 1. The Labute approximate surface area is 249 Å². The molecule has 0 bridgehead atoms. The Morgan fingerprint density at radius 1 is 0.976 bits per heavy atom. The Bertz CT molecular complexity index is 1470. The van der Waals surface area contributed by atoms with E-state index >= 15 is 0 Å². The number of hydrogen-bond acceptors (Lipinski definition) is 6. The molecule has 0 N–H and O–H groups in total.